The van der Waals surface area contributed by atoms with Gasteiger partial charge >= 0.3 is 211 Å². The van der Waals surface area contributed by atoms with Crippen LogP contribution in [0.5, 0.6) is 0 Å². The molecule has 344 valence electrons. The van der Waals surface area contributed by atoms with E-state index >= 15 is 0 Å². The fraction of sp³-hybridized carbons (Fsp3) is 0.394. The Morgan fingerprint density at radius 3 is 1.77 bits per heavy atom. The van der Waals surface area contributed by atoms with Crippen molar-refractivity contribution in [3.63, 3.8) is 0 Å². The van der Waals surface area contributed by atoms with Gasteiger partial charge in [-0.05, 0) is 30.7 Å². The summed E-state index contributed by atoms with van der Waals surface area (Å²) in [5, 5.41) is 0.621. The molecule has 28 nitrogen and oxygen atoms in total. The van der Waals surface area contributed by atoms with E-state index < -0.39 is 52.1 Å². The Bertz CT molecular complexity index is 3810. The number of imidazole rings is 3. The van der Waals surface area contributed by atoms with Crippen LogP contribution in [0.3, 0.4) is 0 Å². The molecule has 6 aromatic rings. The summed E-state index contributed by atoms with van der Waals surface area (Å²) in [5.41, 5.74) is 5.48. The summed E-state index contributed by atoms with van der Waals surface area (Å²) in [7, 11) is -15.4. The van der Waals surface area contributed by atoms with Crippen molar-refractivity contribution < 1.29 is 262 Å². The van der Waals surface area contributed by atoms with Crippen LogP contribution in [0, 0.1) is 0 Å². The molecule has 0 bridgehead atoms. The van der Waals surface area contributed by atoms with Crippen LogP contribution < -0.4 is 247 Å². The molecule has 69 heavy (non-hydrogen) atoms. The molecule has 6 aliphatic rings. The fourth-order valence-corrected chi connectivity index (χ4v) is 10.2. The van der Waals surface area contributed by atoms with Crippen LogP contribution in [-0.4, -0.2) is 133 Å². The number of amidine groups is 2. The number of fused-ring (bicyclic) bond motifs is 12. The molecule has 36 heteroatoms. The van der Waals surface area contributed by atoms with E-state index in [4.69, 9.17) is 38.6 Å². The second-order valence-corrected chi connectivity index (χ2v) is 21.0. The van der Waals surface area contributed by atoms with Crippen LogP contribution in [0.4, 0.5) is 23.1 Å². The minimum Gasteiger partial charge on any atom is -0.748 e. The van der Waals surface area contributed by atoms with Crippen LogP contribution >= 0.6 is 0 Å². The summed E-state index contributed by atoms with van der Waals surface area (Å²) < 4.78 is 127. The summed E-state index contributed by atoms with van der Waals surface area (Å²) in [5.74, 6) is 0.377. The zero-order valence-corrected chi connectivity index (χ0v) is 53.7. The number of rotatable bonds is 10. The molecule has 1 spiro atoms. The summed E-state index contributed by atoms with van der Waals surface area (Å²) in [6.45, 7) is 5.28. The topological polar surface area (TPSA) is 384 Å². The van der Waals surface area contributed by atoms with E-state index in [9.17, 15) is 38.2 Å². The predicted molar refractivity (Wildman–Crippen MR) is 223 cm³/mol. The van der Waals surface area contributed by atoms with Crippen molar-refractivity contribution in [2.45, 2.75) is 52.4 Å². The molecule has 0 saturated carbocycles. The molecule has 0 unspecified atom stereocenters. The van der Waals surface area contributed by atoms with Gasteiger partial charge in [-0.2, -0.15) is 29.8 Å². The Morgan fingerprint density at radius 2 is 1.20 bits per heavy atom. The summed E-state index contributed by atoms with van der Waals surface area (Å²) in [6, 6.07) is 0. The standard InChI is InChI=1S/C24H11N16O3S.3C3H8O3S.4K/c41-44(42,43)3-1-2-36-7-31-14-15(36)23-35-21-13-12(29-6-30-13)19-33-17-9-8(25-4-26-9)16-32-18-10-11(28-5-27-10)20-34-22(14)40(23)24(37(16)17,38(18)20)39(19)21;3*1-2-3-7(4,5)6;;;;/h4-7H,1-3H2,(H-,29,30,41,42,43);3*2-3H2,1H3,(H,4,5,6);;;;/q-1;;;;4*+1/p-1/t24-;;;;;;;/m0......./s1. The summed E-state index contributed by atoms with van der Waals surface area (Å²) in [6.07, 6.45) is 7.57. The molecule has 6 aromatic heterocycles. The van der Waals surface area contributed by atoms with Crippen LogP contribution in [0.2, 0.25) is 0 Å². The molecule has 0 saturated heterocycles. The molecule has 0 radical (unpaired) electrons. The van der Waals surface area contributed by atoms with Crippen LogP contribution in [-0.2, 0) is 46.4 Å². The second kappa shape index (κ2) is 22.5. The van der Waals surface area contributed by atoms with Crippen molar-refractivity contribution in [2.75, 3.05) is 29.6 Å². The first-order valence-corrected chi connectivity index (χ1v) is 25.9. The molecule has 0 fully saturated rings. The fourth-order valence-electron chi connectivity index (χ4n) is 8.13. The van der Waals surface area contributed by atoms with Crippen molar-refractivity contribution in [1.29, 1.82) is 0 Å². The Balaban J connectivity index is 0.000000303. The van der Waals surface area contributed by atoms with Crippen molar-refractivity contribution in [2.24, 2.45) is 25.0 Å². The molecule has 0 aliphatic carbocycles. The minimum atomic E-state index is -4.39. The zero-order chi connectivity index (χ0) is 46.6. The molecule has 1 atom stereocenters. The van der Waals surface area contributed by atoms with Crippen LogP contribution in [0.15, 0.2) is 43.9 Å². The molecule has 12 rings (SSSR count). The number of aliphatic imine (C=N–C) groups is 2. The largest absolute Gasteiger partial charge is 1.00 e. The average molecular weight is 1130 g/mol. The van der Waals surface area contributed by atoms with Gasteiger partial charge in [0.05, 0.1) is 33.9 Å². The normalized spacial score (nSPS) is 16.6. The summed E-state index contributed by atoms with van der Waals surface area (Å²) in [4.78, 5) is 52.6. The Hall–Kier alpha value is 0.385. The number of hydrogen-bond acceptors (Lipinski definition) is 17. The van der Waals surface area contributed by atoms with E-state index in [-0.39, 0.29) is 236 Å². The van der Waals surface area contributed by atoms with Crippen molar-refractivity contribution in [3.8, 4) is 0 Å². The van der Waals surface area contributed by atoms with Gasteiger partial charge < -0.3 is 34.5 Å². The van der Waals surface area contributed by atoms with Gasteiger partial charge in [0.25, 0.3) is 54.1 Å². The van der Waals surface area contributed by atoms with Gasteiger partial charge in [-0.3, -0.25) is 13.7 Å². The van der Waals surface area contributed by atoms with Gasteiger partial charge in [-0.15, -0.1) is 0 Å². The van der Waals surface area contributed by atoms with Crippen molar-refractivity contribution in [1.82, 2.24) is 48.2 Å². The molecule has 3 N–H and O–H groups in total. The third-order valence-electron chi connectivity index (χ3n) is 10.2. The number of aromatic nitrogens is 9. The second-order valence-electron chi connectivity index (χ2n) is 14.8. The maximum Gasteiger partial charge on any atom is 1.00 e. The molecular weight excluding hydrogens is 1100 g/mol. The van der Waals surface area contributed by atoms with Gasteiger partial charge in [-0.25, -0.2) is 36.7 Å². The van der Waals surface area contributed by atoms with E-state index in [0.29, 0.717) is 109 Å². The van der Waals surface area contributed by atoms with E-state index in [2.05, 4.69) is 29.9 Å². The maximum absolute atomic E-state index is 11.4. The first kappa shape index (κ1) is 60.3. The molecule has 0 aromatic carbocycles. The van der Waals surface area contributed by atoms with E-state index in [1.807, 2.05) is 18.3 Å². The molecule has 0 amide bonds. The molecule has 6 aliphatic heterocycles. The van der Waals surface area contributed by atoms with E-state index in [0.717, 1.165) is 0 Å². The van der Waals surface area contributed by atoms with Gasteiger partial charge in [0, 0.05) is 39.2 Å². The molecule has 12 heterocycles. The third kappa shape index (κ3) is 10.9. The average Bonchev–Trinajstić information content (AvgIpc) is 4.05. The predicted octanol–water partition coefficient (Wildman–Crippen LogP) is -14.9. The smallest absolute Gasteiger partial charge is 0.748 e. The first-order valence-electron chi connectivity index (χ1n) is 19.5. The maximum atomic E-state index is 11.4. The molecular formula is C33H34K4N16O12S4+2. The van der Waals surface area contributed by atoms with Gasteiger partial charge in [0.1, 0.15) is 11.3 Å². The number of hydrogen-bond donors (Lipinski definition) is 3. The Labute approximate surface area is 561 Å². The van der Waals surface area contributed by atoms with E-state index in [1.165, 1.54) is 19.0 Å². The van der Waals surface area contributed by atoms with Crippen molar-refractivity contribution in [3.05, 3.63) is 52.2 Å². The Kier molecular flexibility index (Phi) is 19.7. The third-order valence-corrected chi connectivity index (χ3v) is 13.8. The van der Waals surface area contributed by atoms with Crippen LogP contribution in [0.25, 0.3) is 22.1 Å². The quantitative estimate of drug-likeness (QED) is 0.0651. The zero-order valence-electron chi connectivity index (χ0n) is 38.0. The monoisotopic (exact) mass is 1130 g/mol. The number of nitrogens with zero attached hydrogens (tertiary/aromatic N) is 16. The summed E-state index contributed by atoms with van der Waals surface area (Å²) >= 11 is 0. The Morgan fingerprint density at radius 1 is 0.638 bits per heavy atom. The van der Waals surface area contributed by atoms with Gasteiger partial charge in [0.2, 0.25) is 16.7 Å². The van der Waals surface area contributed by atoms with Crippen LogP contribution in [0.1, 0.15) is 57.8 Å². The van der Waals surface area contributed by atoms with Gasteiger partial charge in [0.15, 0.2) is 11.3 Å². The first-order chi connectivity index (χ1) is 30.6. The minimum absolute atomic E-state index is 0. The van der Waals surface area contributed by atoms with Gasteiger partial charge in [-0.1, -0.05) is 49.7 Å². The van der Waals surface area contributed by atoms with E-state index in [1.54, 1.807) is 31.7 Å². The van der Waals surface area contributed by atoms with Crippen molar-refractivity contribution >= 4 is 104 Å². The SMILES string of the molecule is CCCS(=O)(=O)O.CCCS(=O)(=O)O.CCCS(=O)(=O)O.O=S(=O)([O-])CCC[N+]1=c2c(c3n4c2=Nc2c5nc[n-]c5c5n2[C@]42n4c(c6nc[n-]c6c4=NC4=[N+]2C(=N5)c2nc[n-]c24)=N3)N=C1.[K+].[K+].[K+].[K+].